The van der Waals surface area contributed by atoms with Gasteiger partial charge in [0.1, 0.15) is 0 Å². The van der Waals surface area contributed by atoms with Crippen LogP contribution in [-0.2, 0) is 4.79 Å². The van der Waals surface area contributed by atoms with E-state index in [0.717, 1.165) is 37.4 Å². The molecule has 2 aliphatic rings. The van der Waals surface area contributed by atoms with Crippen LogP contribution in [0.1, 0.15) is 53.4 Å². The quantitative estimate of drug-likeness (QED) is 0.835. The molecule has 2 rings (SSSR count). The van der Waals surface area contributed by atoms with E-state index >= 15 is 0 Å². The van der Waals surface area contributed by atoms with Crippen LogP contribution in [-0.4, -0.2) is 43.0 Å². The van der Waals surface area contributed by atoms with Gasteiger partial charge in [0.15, 0.2) is 0 Å². The molecule has 0 bridgehead atoms. The molecule has 3 heteroatoms. The highest BCUT2D eigenvalue weighted by molar-refractivity contribution is 5.76. The molecule has 0 aromatic carbocycles. The highest BCUT2D eigenvalue weighted by atomic mass is 16.2. The molecule has 116 valence electrons. The summed E-state index contributed by atoms with van der Waals surface area (Å²) in [4.78, 5) is 16.0. The number of rotatable bonds is 3. The zero-order valence-corrected chi connectivity index (χ0v) is 13.8. The van der Waals surface area contributed by atoms with Crippen molar-refractivity contribution in [2.45, 2.75) is 59.4 Å². The lowest BCUT2D eigenvalue weighted by atomic mass is 9.89. The number of likely N-dealkylation sites (tertiary alicyclic amines) is 2. The maximum atomic E-state index is 12.1. The maximum absolute atomic E-state index is 12.1. The zero-order chi connectivity index (χ0) is 14.7. The predicted molar refractivity (Wildman–Crippen MR) is 82.7 cm³/mol. The zero-order valence-electron chi connectivity index (χ0n) is 13.8. The molecular weight excluding hydrogens is 248 g/mol. The van der Waals surface area contributed by atoms with Crippen molar-refractivity contribution < 1.29 is 9.69 Å². The lowest BCUT2D eigenvalue weighted by Crippen LogP contribution is -3.18. The summed E-state index contributed by atoms with van der Waals surface area (Å²) in [7, 11) is 0. The second kappa shape index (κ2) is 6.93. The molecule has 2 heterocycles. The summed E-state index contributed by atoms with van der Waals surface area (Å²) in [6.07, 6.45) is 4.53. The Morgan fingerprint density at radius 3 is 2.20 bits per heavy atom. The predicted octanol–water partition coefficient (Wildman–Crippen LogP) is 1.58. The monoisotopic (exact) mass is 281 g/mol. The summed E-state index contributed by atoms with van der Waals surface area (Å²) in [5.41, 5.74) is 0. The number of hydrogen-bond donors (Lipinski definition) is 1. The van der Waals surface area contributed by atoms with Gasteiger partial charge in [0.05, 0.1) is 19.1 Å². The largest absolute Gasteiger partial charge is 0.342 e. The highest BCUT2D eigenvalue weighted by Crippen LogP contribution is 2.16. The number of carbonyl (C=O) groups excluding carboxylic acids is 1. The number of hydrogen-bond acceptors (Lipinski definition) is 1. The van der Waals surface area contributed by atoms with Crippen molar-refractivity contribution in [1.82, 2.24) is 4.90 Å². The Morgan fingerprint density at radius 2 is 1.70 bits per heavy atom. The SMILES string of the molecule is CC(C)CC(=O)N1CCC([NH+]2CC(C)CC(C)C2)CC1. The van der Waals surface area contributed by atoms with Crippen LogP contribution in [0.3, 0.4) is 0 Å². The Bertz CT molecular complexity index is 311. The molecule has 2 atom stereocenters. The summed E-state index contributed by atoms with van der Waals surface area (Å²) in [6, 6.07) is 0.795. The summed E-state index contributed by atoms with van der Waals surface area (Å²) in [6.45, 7) is 13.7. The minimum absolute atomic E-state index is 0.369. The molecule has 0 radical (unpaired) electrons. The lowest BCUT2D eigenvalue weighted by Gasteiger charge is -2.41. The lowest BCUT2D eigenvalue weighted by molar-refractivity contribution is -0.938. The Balaban J connectivity index is 1.80. The van der Waals surface area contributed by atoms with E-state index in [-0.39, 0.29) is 0 Å². The average Bonchev–Trinajstić information content (AvgIpc) is 2.37. The van der Waals surface area contributed by atoms with Gasteiger partial charge in [-0.3, -0.25) is 4.79 Å². The van der Waals surface area contributed by atoms with E-state index in [1.807, 2.05) is 4.90 Å². The normalized spacial score (nSPS) is 32.6. The van der Waals surface area contributed by atoms with Crippen molar-refractivity contribution in [3.05, 3.63) is 0 Å². The van der Waals surface area contributed by atoms with E-state index in [1.54, 1.807) is 0 Å². The van der Waals surface area contributed by atoms with Gasteiger partial charge in [0.2, 0.25) is 5.91 Å². The summed E-state index contributed by atoms with van der Waals surface area (Å²) < 4.78 is 0. The molecule has 1 N–H and O–H groups in total. The average molecular weight is 281 g/mol. The van der Waals surface area contributed by atoms with Crippen molar-refractivity contribution in [1.29, 1.82) is 0 Å². The Morgan fingerprint density at radius 1 is 1.15 bits per heavy atom. The van der Waals surface area contributed by atoms with Gasteiger partial charge in [-0.1, -0.05) is 27.7 Å². The molecule has 0 aromatic heterocycles. The van der Waals surface area contributed by atoms with Gasteiger partial charge in [-0.15, -0.1) is 0 Å². The number of nitrogens with one attached hydrogen (secondary N) is 1. The summed E-state index contributed by atoms with van der Waals surface area (Å²) in [5, 5.41) is 0. The molecule has 0 aliphatic carbocycles. The first kappa shape index (κ1) is 15.8. The van der Waals surface area contributed by atoms with E-state index in [4.69, 9.17) is 0 Å². The third-order valence-corrected chi connectivity index (χ3v) is 5.03. The Labute approximate surface area is 124 Å². The molecule has 20 heavy (non-hydrogen) atoms. The second-order valence-corrected chi connectivity index (χ2v) is 7.77. The number of piperidine rings is 2. The van der Waals surface area contributed by atoms with E-state index in [1.165, 1.54) is 32.4 Å². The number of amides is 1. The van der Waals surface area contributed by atoms with E-state index in [0.29, 0.717) is 11.8 Å². The van der Waals surface area contributed by atoms with Gasteiger partial charge in [-0.2, -0.15) is 0 Å². The molecule has 3 nitrogen and oxygen atoms in total. The van der Waals surface area contributed by atoms with Crippen molar-refractivity contribution >= 4 is 5.91 Å². The summed E-state index contributed by atoms with van der Waals surface area (Å²) >= 11 is 0. The first-order chi connectivity index (χ1) is 9.45. The van der Waals surface area contributed by atoms with Gasteiger partial charge < -0.3 is 9.80 Å². The molecule has 2 aliphatic heterocycles. The van der Waals surface area contributed by atoms with Crippen molar-refractivity contribution in [3.63, 3.8) is 0 Å². The van der Waals surface area contributed by atoms with Gasteiger partial charge in [-0.25, -0.2) is 0 Å². The van der Waals surface area contributed by atoms with Crippen LogP contribution in [0.4, 0.5) is 0 Å². The Kier molecular flexibility index (Phi) is 5.48. The first-order valence-electron chi connectivity index (χ1n) is 8.58. The maximum Gasteiger partial charge on any atom is 0.222 e. The third kappa shape index (κ3) is 4.21. The van der Waals surface area contributed by atoms with Crippen LogP contribution >= 0.6 is 0 Å². The molecule has 0 spiro atoms. The highest BCUT2D eigenvalue weighted by Gasteiger charge is 2.34. The van der Waals surface area contributed by atoms with Gasteiger partial charge in [0, 0.05) is 44.2 Å². The van der Waals surface area contributed by atoms with Crippen LogP contribution in [0, 0.1) is 17.8 Å². The molecule has 0 saturated carbocycles. The standard InChI is InChI=1S/C17H32N2O/c1-13(2)9-17(20)18-7-5-16(6-8-18)19-11-14(3)10-15(4)12-19/h13-16H,5-12H2,1-4H3/p+1. The second-order valence-electron chi connectivity index (χ2n) is 7.77. The van der Waals surface area contributed by atoms with Crippen LogP contribution in [0.15, 0.2) is 0 Å². The van der Waals surface area contributed by atoms with Crippen molar-refractivity contribution in [3.8, 4) is 0 Å². The van der Waals surface area contributed by atoms with Crippen molar-refractivity contribution in [2.75, 3.05) is 26.2 Å². The fourth-order valence-corrected chi connectivity index (χ4v) is 4.18. The molecule has 1 amide bonds. The number of nitrogens with zero attached hydrogens (tertiary/aromatic N) is 1. The molecule has 2 saturated heterocycles. The van der Waals surface area contributed by atoms with Gasteiger partial charge >= 0.3 is 0 Å². The minimum Gasteiger partial charge on any atom is -0.342 e. The fourth-order valence-electron chi connectivity index (χ4n) is 4.18. The topological polar surface area (TPSA) is 24.8 Å². The number of quaternary nitrogens is 1. The smallest absolute Gasteiger partial charge is 0.222 e. The molecule has 0 aromatic rings. The van der Waals surface area contributed by atoms with E-state index in [2.05, 4.69) is 32.6 Å². The Hall–Kier alpha value is -0.570. The van der Waals surface area contributed by atoms with Crippen LogP contribution in [0.5, 0.6) is 0 Å². The first-order valence-corrected chi connectivity index (χ1v) is 8.58. The molecule has 2 unspecified atom stereocenters. The molecule has 2 fully saturated rings. The van der Waals surface area contributed by atoms with Crippen molar-refractivity contribution in [2.24, 2.45) is 17.8 Å². The molecular formula is C17H33N2O+. The van der Waals surface area contributed by atoms with Gasteiger partial charge in [0.25, 0.3) is 0 Å². The fraction of sp³-hybridized carbons (Fsp3) is 0.941. The van der Waals surface area contributed by atoms with Crippen LogP contribution in [0.2, 0.25) is 0 Å². The van der Waals surface area contributed by atoms with Gasteiger partial charge in [-0.05, 0) is 12.3 Å². The van der Waals surface area contributed by atoms with E-state index in [9.17, 15) is 4.79 Å². The van der Waals surface area contributed by atoms with Crippen LogP contribution in [0.25, 0.3) is 0 Å². The number of carbonyl (C=O) groups is 1. The van der Waals surface area contributed by atoms with Crippen LogP contribution < -0.4 is 4.90 Å². The summed E-state index contributed by atoms with van der Waals surface area (Å²) in [5.74, 6) is 2.59. The van der Waals surface area contributed by atoms with E-state index < -0.39 is 0 Å². The third-order valence-electron chi connectivity index (χ3n) is 5.03. The minimum atomic E-state index is 0.369.